The Morgan fingerprint density at radius 3 is 2.42 bits per heavy atom. The van der Waals surface area contributed by atoms with Gasteiger partial charge in [-0.3, -0.25) is 9.59 Å². The van der Waals surface area contributed by atoms with Gasteiger partial charge in [0, 0.05) is 36.5 Å². The third kappa shape index (κ3) is 4.05. The molecule has 2 amide bonds. The van der Waals surface area contributed by atoms with E-state index in [-0.39, 0.29) is 23.4 Å². The lowest BCUT2D eigenvalue weighted by molar-refractivity contribution is -0.121. The van der Waals surface area contributed by atoms with Crippen molar-refractivity contribution in [2.45, 2.75) is 12.8 Å². The Morgan fingerprint density at radius 2 is 1.77 bits per heavy atom. The smallest absolute Gasteiger partial charge is 0.354 e. The van der Waals surface area contributed by atoms with Gasteiger partial charge in [0.2, 0.25) is 5.91 Å². The molecule has 2 aromatic rings. The van der Waals surface area contributed by atoms with Crippen molar-refractivity contribution in [3.05, 3.63) is 59.9 Å². The molecule has 1 aromatic heterocycles. The van der Waals surface area contributed by atoms with E-state index in [1.54, 1.807) is 4.90 Å². The fourth-order valence-electron chi connectivity index (χ4n) is 2.97. The molecule has 1 aliphatic rings. The first kappa shape index (κ1) is 17.6. The number of nitrogens with one attached hydrogen (secondary N) is 1. The van der Waals surface area contributed by atoms with Gasteiger partial charge in [0.25, 0.3) is 5.91 Å². The van der Waals surface area contributed by atoms with Crippen LogP contribution in [0.2, 0.25) is 0 Å². The fourth-order valence-corrected chi connectivity index (χ4v) is 2.97. The van der Waals surface area contributed by atoms with Crippen molar-refractivity contribution in [1.29, 1.82) is 0 Å². The molecule has 0 bridgehead atoms. The largest absolute Gasteiger partial charge is 0.477 e. The number of aromatic nitrogens is 1. The summed E-state index contributed by atoms with van der Waals surface area (Å²) in [5, 5.41) is 11.9. The van der Waals surface area contributed by atoms with Gasteiger partial charge in [0.15, 0.2) is 0 Å². The standard InChI is InChI=1S/C19H19N3O4/c23-17(21-15-4-2-1-3-5-15)13-7-10-22(11-8-13)18(24)14-6-9-20-16(12-14)19(25)26/h1-6,9,12-13H,7-8,10-11H2,(H,21,23)(H,25,26). The number of likely N-dealkylation sites (tertiary alicyclic amines) is 1. The molecule has 26 heavy (non-hydrogen) atoms. The summed E-state index contributed by atoms with van der Waals surface area (Å²) >= 11 is 0. The zero-order valence-electron chi connectivity index (χ0n) is 14.1. The summed E-state index contributed by atoms with van der Waals surface area (Å²) in [6.45, 7) is 0.910. The van der Waals surface area contributed by atoms with Gasteiger partial charge in [-0.2, -0.15) is 0 Å². The number of carboxylic acids is 1. The van der Waals surface area contributed by atoms with Crippen molar-refractivity contribution >= 4 is 23.5 Å². The lowest BCUT2D eigenvalue weighted by Crippen LogP contribution is -2.41. The van der Waals surface area contributed by atoms with Crippen molar-refractivity contribution in [3.63, 3.8) is 0 Å². The summed E-state index contributed by atoms with van der Waals surface area (Å²) in [7, 11) is 0. The maximum Gasteiger partial charge on any atom is 0.354 e. The first-order chi connectivity index (χ1) is 12.5. The fraction of sp³-hybridized carbons (Fsp3) is 0.263. The average molecular weight is 353 g/mol. The van der Waals surface area contributed by atoms with E-state index in [2.05, 4.69) is 10.3 Å². The van der Waals surface area contributed by atoms with Crippen LogP contribution in [0, 0.1) is 5.92 Å². The Kier molecular flexibility index (Phi) is 5.26. The van der Waals surface area contributed by atoms with E-state index in [1.807, 2.05) is 30.3 Å². The van der Waals surface area contributed by atoms with Gasteiger partial charge in [-0.15, -0.1) is 0 Å². The number of amides is 2. The number of anilines is 1. The van der Waals surface area contributed by atoms with Crippen LogP contribution in [0.1, 0.15) is 33.7 Å². The number of para-hydroxylation sites is 1. The van der Waals surface area contributed by atoms with E-state index >= 15 is 0 Å². The number of piperidine rings is 1. The van der Waals surface area contributed by atoms with Gasteiger partial charge in [0.1, 0.15) is 5.69 Å². The van der Waals surface area contributed by atoms with Crippen LogP contribution < -0.4 is 5.32 Å². The maximum atomic E-state index is 12.5. The van der Waals surface area contributed by atoms with Gasteiger partial charge < -0.3 is 15.3 Å². The van der Waals surface area contributed by atoms with Crippen LogP contribution in [0.5, 0.6) is 0 Å². The number of rotatable bonds is 4. The quantitative estimate of drug-likeness (QED) is 0.878. The topological polar surface area (TPSA) is 99.6 Å². The summed E-state index contributed by atoms with van der Waals surface area (Å²) in [6, 6.07) is 12.0. The number of pyridine rings is 1. The van der Waals surface area contributed by atoms with Crippen molar-refractivity contribution in [2.24, 2.45) is 5.92 Å². The minimum Gasteiger partial charge on any atom is -0.477 e. The predicted molar refractivity (Wildman–Crippen MR) is 94.9 cm³/mol. The van der Waals surface area contributed by atoms with E-state index in [0.717, 1.165) is 5.69 Å². The lowest BCUT2D eigenvalue weighted by atomic mass is 9.95. The normalized spacial score (nSPS) is 14.7. The van der Waals surface area contributed by atoms with Gasteiger partial charge in [-0.05, 0) is 37.1 Å². The predicted octanol–water partition coefficient (Wildman–Crippen LogP) is 2.27. The van der Waals surface area contributed by atoms with Crippen molar-refractivity contribution in [3.8, 4) is 0 Å². The molecule has 0 spiro atoms. The number of hydrogen-bond donors (Lipinski definition) is 2. The van der Waals surface area contributed by atoms with Crippen LogP contribution in [0.3, 0.4) is 0 Å². The first-order valence-electron chi connectivity index (χ1n) is 8.39. The van der Waals surface area contributed by atoms with E-state index in [9.17, 15) is 14.4 Å². The van der Waals surface area contributed by atoms with Gasteiger partial charge in [-0.25, -0.2) is 9.78 Å². The highest BCUT2D eigenvalue weighted by atomic mass is 16.4. The Labute approximate surface area is 150 Å². The summed E-state index contributed by atoms with van der Waals surface area (Å²) in [5.41, 5.74) is 0.895. The molecule has 2 heterocycles. The zero-order valence-corrected chi connectivity index (χ0v) is 14.1. The number of aromatic carboxylic acids is 1. The van der Waals surface area contributed by atoms with Crippen LogP contribution in [0.15, 0.2) is 48.7 Å². The Hall–Kier alpha value is -3.22. The van der Waals surface area contributed by atoms with Crippen LogP contribution in [0.4, 0.5) is 5.69 Å². The summed E-state index contributed by atoms with van der Waals surface area (Å²) in [5.74, 6) is -1.60. The first-order valence-corrected chi connectivity index (χ1v) is 8.39. The highest BCUT2D eigenvalue weighted by Crippen LogP contribution is 2.21. The monoisotopic (exact) mass is 353 g/mol. The third-order valence-corrected chi connectivity index (χ3v) is 4.42. The van der Waals surface area contributed by atoms with Crippen molar-refractivity contribution in [1.82, 2.24) is 9.88 Å². The minimum absolute atomic E-state index is 0.0413. The third-order valence-electron chi connectivity index (χ3n) is 4.42. The highest BCUT2D eigenvalue weighted by molar-refractivity contribution is 5.97. The number of carbonyl (C=O) groups excluding carboxylic acids is 2. The SMILES string of the molecule is O=C(O)c1cc(C(=O)N2CCC(C(=O)Nc3ccccc3)CC2)ccn1. The number of carbonyl (C=O) groups is 3. The molecule has 0 atom stereocenters. The van der Waals surface area contributed by atoms with Crippen LogP contribution in [-0.2, 0) is 4.79 Å². The van der Waals surface area contributed by atoms with Crippen LogP contribution in [-0.4, -0.2) is 45.9 Å². The molecule has 0 aliphatic carbocycles. The maximum absolute atomic E-state index is 12.5. The molecule has 1 aliphatic heterocycles. The van der Waals surface area contributed by atoms with Crippen LogP contribution in [0.25, 0.3) is 0 Å². The molecule has 0 saturated carbocycles. The number of hydrogen-bond acceptors (Lipinski definition) is 4. The molecule has 3 rings (SSSR count). The van der Waals surface area contributed by atoms with E-state index in [1.165, 1.54) is 18.3 Å². The summed E-state index contributed by atoms with van der Waals surface area (Å²) in [4.78, 5) is 41.2. The van der Waals surface area contributed by atoms with E-state index < -0.39 is 5.97 Å². The van der Waals surface area contributed by atoms with Crippen molar-refractivity contribution < 1.29 is 19.5 Å². The lowest BCUT2D eigenvalue weighted by Gasteiger charge is -2.31. The molecular formula is C19H19N3O4. The number of benzene rings is 1. The Morgan fingerprint density at radius 1 is 1.08 bits per heavy atom. The highest BCUT2D eigenvalue weighted by Gasteiger charge is 2.28. The molecular weight excluding hydrogens is 334 g/mol. The Bertz CT molecular complexity index is 815. The van der Waals surface area contributed by atoms with Gasteiger partial charge >= 0.3 is 5.97 Å². The number of nitrogens with zero attached hydrogens (tertiary/aromatic N) is 2. The Balaban J connectivity index is 1.58. The molecule has 1 fully saturated rings. The second kappa shape index (κ2) is 7.77. The van der Waals surface area contributed by atoms with Gasteiger partial charge in [-0.1, -0.05) is 18.2 Å². The molecule has 7 heteroatoms. The van der Waals surface area contributed by atoms with E-state index in [0.29, 0.717) is 31.5 Å². The molecule has 2 N–H and O–H groups in total. The molecule has 1 aromatic carbocycles. The zero-order chi connectivity index (χ0) is 18.5. The molecule has 1 saturated heterocycles. The second-order valence-electron chi connectivity index (χ2n) is 6.16. The molecule has 0 radical (unpaired) electrons. The van der Waals surface area contributed by atoms with E-state index in [4.69, 9.17) is 5.11 Å². The average Bonchev–Trinajstić information content (AvgIpc) is 2.68. The van der Waals surface area contributed by atoms with Gasteiger partial charge in [0.05, 0.1) is 0 Å². The molecule has 134 valence electrons. The minimum atomic E-state index is -1.17. The number of carboxylic acid groups (broad SMARTS) is 1. The second-order valence-corrected chi connectivity index (χ2v) is 6.16. The summed E-state index contributed by atoms with van der Waals surface area (Å²) < 4.78 is 0. The molecule has 0 unspecified atom stereocenters. The summed E-state index contributed by atoms with van der Waals surface area (Å²) in [6.07, 6.45) is 2.46. The van der Waals surface area contributed by atoms with Crippen LogP contribution >= 0.6 is 0 Å². The molecule has 7 nitrogen and oxygen atoms in total. The van der Waals surface area contributed by atoms with Crippen molar-refractivity contribution in [2.75, 3.05) is 18.4 Å².